The molecule has 6 heteroatoms. The minimum absolute atomic E-state index is 0.241. The number of methoxy groups -OCH3 is 1. The predicted octanol–water partition coefficient (Wildman–Crippen LogP) is 2.88. The lowest BCUT2D eigenvalue weighted by Crippen LogP contribution is -2.02. The standard InChI is InChI=1S/C12H13BrN4O/c1-7-6-15-12(14)17-11(7)16-9-3-8(13)4-10(5-9)18-2/h3-6H,1-2H3,(H3,14,15,16,17). The SMILES string of the molecule is COc1cc(Br)cc(Nc2nc(N)ncc2C)c1. The Labute approximate surface area is 114 Å². The summed E-state index contributed by atoms with van der Waals surface area (Å²) in [6, 6.07) is 5.69. The molecule has 0 amide bonds. The Kier molecular flexibility index (Phi) is 3.66. The molecule has 94 valence electrons. The zero-order valence-corrected chi connectivity index (χ0v) is 11.7. The van der Waals surface area contributed by atoms with Crippen molar-refractivity contribution in [1.29, 1.82) is 0 Å². The van der Waals surface area contributed by atoms with Crippen molar-refractivity contribution in [3.63, 3.8) is 0 Å². The normalized spacial score (nSPS) is 10.2. The molecular weight excluding hydrogens is 296 g/mol. The summed E-state index contributed by atoms with van der Waals surface area (Å²) in [7, 11) is 1.62. The quantitative estimate of drug-likeness (QED) is 0.912. The molecule has 5 nitrogen and oxygen atoms in total. The number of hydrogen-bond acceptors (Lipinski definition) is 5. The van der Waals surface area contributed by atoms with Crippen LogP contribution in [0.2, 0.25) is 0 Å². The average molecular weight is 309 g/mol. The second-order valence-electron chi connectivity index (χ2n) is 3.76. The van der Waals surface area contributed by atoms with E-state index in [0.717, 1.165) is 21.5 Å². The molecule has 0 atom stereocenters. The van der Waals surface area contributed by atoms with Gasteiger partial charge in [0.15, 0.2) is 0 Å². The van der Waals surface area contributed by atoms with Crippen LogP contribution in [0.4, 0.5) is 17.5 Å². The molecule has 1 aromatic heterocycles. The molecule has 1 heterocycles. The third-order valence-corrected chi connectivity index (χ3v) is 2.82. The van der Waals surface area contributed by atoms with Crippen LogP contribution in [0, 0.1) is 6.92 Å². The van der Waals surface area contributed by atoms with Crippen LogP contribution in [0.3, 0.4) is 0 Å². The van der Waals surface area contributed by atoms with Gasteiger partial charge in [-0.2, -0.15) is 4.98 Å². The zero-order valence-electron chi connectivity index (χ0n) is 10.1. The second-order valence-corrected chi connectivity index (χ2v) is 4.68. The highest BCUT2D eigenvalue weighted by Gasteiger charge is 2.04. The van der Waals surface area contributed by atoms with E-state index in [2.05, 4.69) is 31.2 Å². The van der Waals surface area contributed by atoms with E-state index in [0.29, 0.717) is 5.82 Å². The second kappa shape index (κ2) is 5.22. The number of ether oxygens (including phenoxy) is 1. The summed E-state index contributed by atoms with van der Waals surface area (Å²) in [6.07, 6.45) is 1.68. The number of nitrogens with two attached hydrogens (primary N) is 1. The molecule has 0 saturated heterocycles. The number of aryl methyl sites for hydroxylation is 1. The first-order valence-electron chi connectivity index (χ1n) is 5.29. The molecule has 0 fully saturated rings. The molecule has 18 heavy (non-hydrogen) atoms. The van der Waals surface area contributed by atoms with E-state index in [1.807, 2.05) is 25.1 Å². The molecule has 0 radical (unpaired) electrons. The minimum atomic E-state index is 0.241. The molecule has 0 spiro atoms. The van der Waals surface area contributed by atoms with Gasteiger partial charge >= 0.3 is 0 Å². The highest BCUT2D eigenvalue weighted by Crippen LogP contribution is 2.27. The van der Waals surface area contributed by atoms with Gasteiger partial charge in [-0.05, 0) is 19.1 Å². The minimum Gasteiger partial charge on any atom is -0.497 e. The highest BCUT2D eigenvalue weighted by molar-refractivity contribution is 9.10. The summed E-state index contributed by atoms with van der Waals surface area (Å²) in [5.41, 5.74) is 7.35. The molecular formula is C12H13BrN4O. The Morgan fingerprint density at radius 2 is 2.11 bits per heavy atom. The molecule has 0 unspecified atom stereocenters. The first kappa shape index (κ1) is 12.6. The molecule has 0 aliphatic carbocycles. The summed E-state index contributed by atoms with van der Waals surface area (Å²) >= 11 is 3.42. The number of anilines is 3. The van der Waals surface area contributed by atoms with Crippen molar-refractivity contribution in [2.45, 2.75) is 6.92 Å². The fourth-order valence-electron chi connectivity index (χ4n) is 1.47. The summed E-state index contributed by atoms with van der Waals surface area (Å²) < 4.78 is 6.12. The van der Waals surface area contributed by atoms with E-state index in [-0.39, 0.29) is 5.95 Å². The smallest absolute Gasteiger partial charge is 0.221 e. The van der Waals surface area contributed by atoms with Gasteiger partial charge in [-0.25, -0.2) is 4.98 Å². The van der Waals surface area contributed by atoms with E-state index in [1.54, 1.807) is 13.3 Å². The van der Waals surface area contributed by atoms with Gasteiger partial charge in [0.2, 0.25) is 5.95 Å². The fraction of sp³-hybridized carbons (Fsp3) is 0.167. The summed E-state index contributed by atoms with van der Waals surface area (Å²) in [5.74, 6) is 1.68. The first-order chi connectivity index (χ1) is 8.58. The first-order valence-corrected chi connectivity index (χ1v) is 6.08. The van der Waals surface area contributed by atoms with Gasteiger partial charge in [-0.3, -0.25) is 0 Å². The molecule has 3 N–H and O–H groups in total. The maximum absolute atomic E-state index is 5.57. The lowest BCUT2D eigenvalue weighted by Gasteiger charge is -2.10. The van der Waals surface area contributed by atoms with Crippen LogP contribution in [0.15, 0.2) is 28.9 Å². The van der Waals surface area contributed by atoms with Crippen LogP contribution in [-0.4, -0.2) is 17.1 Å². The van der Waals surface area contributed by atoms with Crippen LogP contribution in [0.25, 0.3) is 0 Å². The number of nitrogen functional groups attached to an aromatic ring is 1. The van der Waals surface area contributed by atoms with Crippen LogP contribution in [0.1, 0.15) is 5.56 Å². The van der Waals surface area contributed by atoms with E-state index in [4.69, 9.17) is 10.5 Å². The molecule has 0 bridgehead atoms. The van der Waals surface area contributed by atoms with Gasteiger partial charge in [0.1, 0.15) is 11.6 Å². The van der Waals surface area contributed by atoms with Gasteiger partial charge < -0.3 is 15.8 Å². The Morgan fingerprint density at radius 3 is 2.83 bits per heavy atom. The summed E-state index contributed by atoms with van der Waals surface area (Å²) in [5, 5.41) is 3.19. The predicted molar refractivity (Wildman–Crippen MR) is 75.2 cm³/mol. The number of nitrogens with zero attached hydrogens (tertiary/aromatic N) is 2. The summed E-state index contributed by atoms with van der Waals surface area (Å²) in [4.78, 5) is 8.08. The monoisotopic (exact) mass is 308 g/mol. The number of nitrogens with one attached hydrogen (secondary N) is 1. The largest absolute Gasteiger partial charge is 0.497 e. The van der Waals surface area contributed by atoms with Crippen molar-refractivity contribution in [3.8, 4) is 5.75 Å². The van der Waals surface area contributed by atoms with Crippen molar-refractivity contribution in [1.82, 2.24) is 9.97 Å². The number of benzene rings is 1. The molecule has 2 rings (SSSR count). The van der Waals surface area contributed by atoms with Gasteiger partial charge in [0, 0.05) is 28.0 Å². The third kappa shape index (κ3) is 2.89. The number of halogens is 1. The van der Waals surface area contributed by atoms with E-state index in [9.17, 15) is 0 Å². The summed E-state index contributed by atoms with van der Waals surface area (Å²) in [6.45, 7) is 1.91. The topological polar surface area (TPSA) is 73.1 Å². The van der Waals surface area contributed by atoms with Crippen molar-refractivity contribution < 1.29 is 4.74 Å². The van der Waals surface area contributed by atoms with Crippen molar-refractivity contribution in [2.75, 3.05) is 18.2 Å². The van der Waals surface area contributed by atoms with Crippen LogP contribution in [0.5, 0.6) is 5.75 Å². The molecule has 2 aromatic rings. The molecule has 0 aliphatic heterocycles. The number of hydrogen-bond donors (Lipinski definition) is 2. The van der Waals surface area contributed by atoms with Gasteiger partial charge in [0.05, 0.1) is 7.11 Å². The van der Waals surface area contributed by atoms with Gasteiger partial charge in [-0.1, -0.05) is 15.9 Å². The molecule has 0 saturated carbocycles. The van der Waals surface area contributed by atoms with E-state index >= 15 is 0 Å². The number of aromatic nitrogens is 2. The van der Waals surface area contributed by atoms with Crippen LogP contribution >= 0.6 is 15.9 Å². The maximum atomic E-state index is 5.57. The van der Waals surface area contributed by atoms with Crippen molar-refractivity contribution in [3.05, 3.63) is 34.4 Å². The Balaban J connectivity index is 2.33. The Hall–Kier alpha value is -1.82. The zero-order chi connectivity index (χ0) is 13.1. The van der Waals surface area contributed by atoms with Crippen LogP contribution < -0.4 is 15.8 Å². The lowest BCUT2D eigenvalue weighted by molar-refractivity contribution is 0.415. The van der Waals surface area contributed by atoms with Crippen molar-refractivity contribution in [2.24, 2.45) is 0 Å². The maximum Gasteiger partial charge on any atom is 0.221 e. The lowest BCUT2D eigenvalue weighted by atomic mass is 10.3. The van der Waals surface area contributed by atoms with Gasteiger partial charge in [-0.15, -0.1) is 0 Å². The third-order valence-electron chi connectivity index (χ3n) is 2.36. The van der Waals surface area contributed by atoms with Gasteiger partial charge in [0.25, 0.3) is 0 Å². The van der Waals surface area contributed by atoms with Crippen LogP contribution in [-0.2, 0) is 0 Å². The fourth-order valence-corrected chi connectivity index (χ4v) is 1.94. The Bertz CT molecular complexity index is 574. The molecule has 1 aromatic carbocycles. The number of rotatable bonds is 3. The van der Waals surface area contributed by atoms with E-state index in [1.165, 1.54) is 0 Å². The van der Waals surface area contributed by atoms with Crippen molar-refractivity contribution >= 4 is 33.4 Å². The van der Waals surface area contributed by atoms with E-state index < -0.39 is 0 Å². The Morgan fingerprint density at radius 1 is 1.33 bits per heavy atom. The average Bonchev–Trinajstić information content (AvgIpc) is 2.33. The molecule has 0 aliphatic rings. The highest BCUT2D eigenvalue weighted by atomic mass is 79.9.